The third-order valence-corrected chi connectivity index (χ3v) is 5.79. The fraction of sp³-hybridized carbons (Fsp3) is 0.500. The van der Waals surface area contributed by atoms with Crippen molar-refractivity contribution in [2.75, 3.05) is 25.2 Å². The van der Waals surface area contributed by atoms with E-state index in [2.05, 4.69) is 28.4 Å². The summed E-state index contributed by atoms with van der Waals surface area (Å²) in [7, 11) is 1.36. The number of unbranched alkanes of at least 4 members (excludes halogenated alkanes) is 2. The van der Waals surface area contributed by atoms with Crippen molar-refractivity contribution >= 4 is 17.6 Å². The highest BCUT2D eigenvalue weighted by molar-refractivity contribution is 6.05. The fourth-order valence-electron chi connectivity index (χ4n) is 3.38. The normalized spacial score (nSPS) is 14.1. The molecule has 172 valence electrons. The number of nitrogens with zero attached hydrogens (tertiary/aromatic N) is 3. The molecule has 1 amide bonds. The number of benzene rings is 1. The first kappa shape index (κ1) is 23.6. The van der Waals surface area contributed by atoms with E-state index >= 15 is 0 Å². The molecule has 0 N–H and O–H groups in total. The van der Waals surface area contributed by atoms with Crippen LogP contribution in [-0.2, 0) is 19.7 Å². The van der Waals surface area contributed by atoms with Crippen LogP contribution in [0.15, 0.2) is 40.9 Å². The van der Waals surface area contributed by atoms with Gasteiger partial charge in [0.25, 0.3) is 5.91 Å². The summed E-state index contributed by atoms with van der Waals surface area (Å²) in [6.07, 6.45) is 4.50. The van der Waals surface area contributed by atoms with Crippen molar-refractivity contribution in [3.8, 4) is 11.4 Å². The van der Waals surface area contributed by atoms with E-state index in [1.165, 1.54) is 7.11 Å². The lowest BCUT2D eigenvalue weighted by Gasteiger charge is -2.24. The highest BCUT2D eigenvalue weighted by Gasteiger charge is 2.44. The number of carbonyl (C=O) groups excluding carboxylic acids is 2. The molecule has 2 aromatic rings. The Labute approximate surface area is 187 Å². The molecule has 0 spiro atoms. The van der Waals surface area contributed by atoms with Crippen LogP contribution in [0.4, 0.5) is 10.1 Å². The van der Waals surface area contributed by atoms with Crippen molar-refractivity contribution in [1.82, 2.24) is 10.1 Å². The minimum Gasteiger partial charge on any atom is -0.469 e. The first-order valence-corrected chi connectivity index (χ1v) is 10.9. The number of esters is 1. The molecule has 1 fully saturated rings. The standard InChI is InChI=1S/C24H30FN3O4/c1-17(11-14-25)22(30)28(15-6-4-5-10-20(29)31-3)19-9-7-8-18(16-19)21-26-23(32-27-21)24(2)12-13-24/h7-9,16H,1,4-6,10-15H2,2-3H3. The third-order valence-electron chi connectivity index (χ3n) is 5.79. The van der Waals surface area contributed by atoms with Gasteiger partial charge in [0.2, 0.25) is 11.7 Å². The lowest BCUT2D eigenvalue weighted by Crippen LogP contribution is -2.33. The highest BCUT2D eigenvalue weighted by Crippen LogP contribution is 2.47. The Hall–Kier alpha value is -3.03. The van der Waals surface area contributed by atoms with Crippen LogP contribution in [0.5, 0.6) is 0 Å². The number of alkyl halides is 1. The van der Waals surface area contributed by atoms with Gasteiger partial charge in [0.05, 0.1) is 13.8 Å². The average Bonchev–Trinajstić information content (AvgIpc) is 3.34. The lowest BCUT2D eigenvalue weighted by atomic mass is 10.1. The molecule has 1 saturated carbocycles. The van der Waals surface area contributed by atoms with Crippen LogP contribution >= 0.6 is 0 Å². The Morgan fingerprint density at radius 1 is 1.25 bits per heavy atom. The number of anilines is 1. The van der Waals surface area contributed by atoms with E-state index in [1.807, 2.05) is 24.3 Å². The summed E-state index contributed by atoms with van der Waals surface area (Å²) < 4.78 is 22.9. The van der Waals surface area contributed by atoms with Gasteiger partial charge in [-0.1, -0.05) is 37.2 Å². The Kier molecular flexibility index (Phi) is 7.77. The number of hydrogen-bond acceptors (Lipinski definition) is 6. The zero-order valence-corrected chi connectivity index (χ0v) is 18.7. The second-order valence-electron chi connectivity index (χ2n) is 8.42. The van der Waals surface area contributed by atoms with Crippen LogP contribution in [-0.4, -0.2) is 42.3 Å². The molecule has 0 aliphatic heterocycles. The summed E-state index contributed by atoms with van der Waals surface area (Å²) in [5.74, 6) is 0.546. The predicted molar refractivity (Wildman–Crippen MR) is 119 cm³/mol. The SMILES string of the molecule is C=C(CCF)C(=O)N(CCCCCC(=O)OC)c1cccc(-c2noc(C3(C)CC3)n2)c1. The summed E-state index contributed by atoms with van der Waals surface area (Å²) >= 11 is 0. The Bertz CT molecular complexity index is 968. The Balaban J connectivity index is 1.75. The first-order chi connectivity index (χ1) is 15.4. The molecule has 0 bridgehead atoms. The maximum atomic E-state index is 13.0. The quantitative estimate of drug-likeness (QED) is 0.267. The number of ether oxygens (including phenoxy) is 1. The van der Waals surface area contributed by atoms with Gasteiger partial charge in [0.1, 0.15) is 0 Å². The molecule has 1 aliphatic rings. The molecule has 0 radical (unpaired) electrons. The molecule has 0 unspecified atom stereocenters. The topological polar surface area (TPSA) is 85.5 Å². The van der Waals surface area contributed by atoms with Gasteiger partial charge >= 0.3 is 5.97 Å². The van der Waals surface area contributed by atoms with Gasteiger partial charge in [0.15, 0.2) is 0 Å². The average molecular weight is 444 g/mol. The van der Waals surface area contributed by atoms with E-state index in [4.69, 9.17) is 4.52 Å². The molecule has 3 rings (SSSR count). The molecule has 0 saturated heterocycles. The molecular weight excluding hydrogens is 413 g/mol. The van der Waals surface area contributed by atoms with Crippen molar-refractivity contribution in [1.29, 1.82) is 0 Å². The third kappa shape index (κ3) is 5.81. The van der Waals surface area contributed by atoms with E-state index in [9.17, 15) is 14.0 Å². The van der Waals surface area contributed by atoms with Gasteiger partial charge in [-0.25, -0.2) is 0 Å². The second-order valence-corrected chi connectivity index (χ2v) is 8.42. The van der Waals surface area contributed by atoms with Gasteiger partial charge in [-0.15, -0.1) is 0 Å². The highest BCUT2D eigenvalue weighted by atomic mass is 19.1. The van der Waals surface area contributed by atoms with Crippen LogP contribution in [0.2, 0.25) is 0 Å². The van der Waals surface area contributed by atoms with Gasteiger partial charge in [0, 0.05) is 41.6 Å². The zero-order valence-electron chi connectivity index (χ0n) is 18.7. The van der Waals surface area contributed by atoms with Crippen LogP contribution in [0.3, 0.4) is 0 Å². The van der Waals surface area contributed by atoms with Crippen molar-refractivity contribution in [3.05, 3.63) is 42.3 Å². The zero-order chi connectivity index (χ0) is 23.1. The molecule has 1 heterocycles. The van der Waals surface area contributed by atoms with Gasteiger partial charge < -0.3 is 14.2 Å². The summed E-state index contributed by atoms with van der Waals surface area (Å²) in [6.45, 7) is 5.63. The van der Waals surface area contributed by atoms with E-state index < -0.39 is 6.67 Å². The van der Waals surface area contributed by atoms with Gasteiger partial charge in [-0.05, 0) is 37.8 Å². The molecule has 1 aliphatic carbocycles. The lowest BCUT2D eigenvalue weighted by molar-refractivity contribution is -0.140. The summed E-state index contributed by atoms with van der Waals surface area (Å²) in [4.78, 5) is 30.4. The minimum atomic E-state index is -0.637. The number of aromatic nitrogens is 2. The molecule has 7 nitrogen and oxygen atoms in total. The Morgan fingerprint density at radius 3 is 2.72 bits per heavy atom. The Morgan fingerprint density at radius 2 is 2.03 bits per heavy atom. The maximum absolute atomic E-state index is 13.0. The summed E-state index contributed by atoms with van der Waals surface area (Å²) in [6, 6.07) is 7.35. The predicted octanol–water partition coefficient (Wildman–Crippen LogP) is 4.77. The number of halogens is 1. The van der Waals surface area contributed by atoms with Gasteiger partial charge in [-0.3, -0.25) is 14.0 Å². The first-order valence-electron chi connectivity index (χ1n) is 10.9. The number of carbonyl (C=O) groups is 2. The largest absolute Gasteiger partial charge is 0.469 e. The minimum absolute atomic E-state index is 0.00977. The van der Waals surface area contributed by atoms with Crippen LogP contribution in [0.25, 0.3) is 11.4 Å². The molecule has 0 atom stereocenters. The summed E-state index contributed by atoms with van der Waals surface area (Å²) in [5, 5.41) is 4.11. The molecular formula is C24H30FN3O4. The number of methoxy groups -OCH3 is 1. The molecule has 1 aromatic carbocycles. The van der Waals surface area contributed by atoms with Gasteiger partial charge in [-0.2, -0.15) is 4.98 Å². The van der Waals surface area contributed by atoms with E-state index in [0.29, 0.717) is 43.2 Å². The van der Waals surface area contributed by atoms with Crippen molar-refractivity contribution < 1.29 is 23.2 Å². The fourth-order valence-corrected chi connectivity index (χ4v) is 3.38. The van der Waals surface area contributed by atoms with Crippen LogP contribution in [0, 0.1) is 0 Å². The molecule has 1 aromatic heterocycles. The van der Waals surface area contributed by atoms with E-state index in [1.54, 1.807) is 4.90 Å². The smallest absolute Gasteiger partial charge is 0.305 e. The maximum Gasteiger partial charge on any atom is 0.305 e. The van der Waals surface area contributed by atoms with Crippen LogP contribution < -0.4 is 4.90 Å². The summed E-state index contributed by atoms with van der Waals surface area (Å²) in [5.41, 5.74) is 1.58. The van der Waals surface area contributed by atoms with Crippen molar-refractivity contribution in [2.24, 2.45) is 0 Å². The van der Waals surface area contributed by atoms with E-state index in [0.717, 1.165) is 24.8 Å². The number of hydrogen-bond donors (Lipinski definition) is 0. The van der Waals surface area contributed by atoms with Crippen LogP contribution in [0.1, 0.15) is 57.8 Å². The second kappa shape index (κ2) is 10.5. The molecule has 8 heteroatoms. The molecule has 32 heavy (non-hydrogen) atoms. The van der Waals surface area contributed by atoms with E-state index in [-0.39, 0.29) is 29.3 Å². The number of amides is 1. The van der Waals surface area contributed by atoms with Crippen molar-refractivity contribution in [3.63, 3.8) is 0 Å². The number of rotatable bonds is 12. The van der Waals surface area contributed by atoms with Crippen molar-refractivity contribution in [2.45, 2.75) is 57.3 Å². The monoisotopic (exact) mass is 443 g/mol.